The number of hydrogen-bond acceptors (Lipinski definition) is 6. The van der Waals surface area contributed by atoms with Gasteiger partial charge in [-0.1, -0.05) is 109 Å². The number of ether oxygens (including phenoxy) is 3. The molecule has 212 valence electrons. The molecule has 1 unspecified atom stereocenters. The first-order valence-electron chi connectivity index (χ1n) is 13.8. The summed E-state index contributed by atoms with van der Waals surface area (Å²) in [6.45, 7) is 4.88. The number of esters is 3. The Morgan fingerprint density at radius 1 is 0.667 bits per heavy atom. The van der Waals surface area contributed by atoms with Crippen LogP contribution in [0.15, 0.2) is 109 Å². The van der Waals surface area contributed by atoms with Crippen molar-refractivity contribution in [1.29, 1.82) is 0 Å². The van der Waals surface area contributed by atoms with Crippen LogP contribution in [0.1, 0.15) is 48.9 Å². The molecule has 0 amide bonds. The lowest BCUT2D eigenvalue weighted by molar-refractivity contribution is -0.157. The van der Waals surface area contributed by atoms with Crippen LogP contribution in [0.4, 0.5) is 0 Å². The molecular weight excluding hydrogens is 528 g/mol. The van der Waals surface area contributed by atoms with Crippen molar-refractivity contribution in [3.63, 3.8) is 0 Å². The highest BCUT2D eigenvalue weighted by Crippen LogP contribution is 2.35. The van der Waals surface area contributed by atoms with Crippen LogP contribution in [0.2, 0.25) is 0 Å². The predicted octanol–water partition coefficient (Wildman–Crippen LogP) is 6.42. The van der Waals surface area contributed by atoms with Gasteiger partial charge >= 0.3 is 17.9 Å². The number of carbonyl (C=O) groups excluding carboxylic acids is 3. The minimum absolute atomic E-state index is 0.102. The first-order chi connectivity index (χ1) is 20.4. The van der Waals surface area contributed by atoms with Crippen molar-refractivity contribution in [2.45, 2.75) is 32.3 Å². The molecule has 6 nitrogen and oxygen atoms in total. The Morgan fingerprint density at radius 2 is 1.17 bits per heavy atom. The van der Waals surface area contributed by atoms with E-state index in [0.29, 0.717) is 22.3 Å². The van der Waals surface area contributed by atoms with E-state index in [1.165, 1.54) is 6.92 Å². The van der Waals surface area contributed by atoms with E-state index in [9.17, 15) is 14.4 Å². The number of rotatable bonds is 9. The molecule has 0 aliphatic carbocycles. The second kappa shape index (κ2) is 14.0. The summed E-state index contributed by atoms with van der Waals surface area (Å²) in [5.41, 5.74) is 2.58. The van der Waals surface area contributed by atoms with Gasteiger partial charge in [0.25, 0.3) is 0 Å². The predicted molar refractivity (Wildman–Crippen MR) is 160 cm³/mol. The fraction of sp³-hybridized carbons (Fsp3) is 0.194. The van der Waals surface area contributed by atoms with Crippen LogP contribution in [0.5, 0.6) is 0 Å². The van der Waals surface area contributed by atoms with E-state index in [4.69, 9.17) is 14.2 Å². The van der Waals surface area contributed by atoms with Crippen LogP contribution in [-0.2, 0) is 34.2 Å². The van der Waals surface area contributed by atoms with Crippen molar-refractivity contribution in [3.8, 4) is 23.0 Å². The van der Waals surface area contributed by atoms with E-state index in [2.05, 4.69) is 11.8 Å². The van der Waals surface area contributed by atoms with Gasteiger partial charge in [-0.15, -0.1) is 0 Å². The molecule has 0 N–H and O–H groups in total. The quantitative estimate of drug-likeness (QED) is 0.102. The smallest absolute Gasteiger partial charge is 0.324 e. The van der Waals surface area contributed by atoms with Gasteiger partial charge in [-0.2, -0.15) is 0 Å². The summed E-state index contributed by atoms with van der Waals surface area (Å²) in [4.78, 5) is 38.4. The van der Waals surface area contributed by atoms with E-state index in [-0.39, 0.29) is 13.2 Å². The first kappa shape index (κ1) is 29.8. The van der Waals surface area contributed by atoms with Crippen molar-refractivity contribution < 1.29 is 28.6 Å². The molecule has 42 heavy (non-hydrogen) atoms. The third-order valence-electron chi connectivity index (χ3n) is 6.57. The van der Waals surface area contributed by atoms with Crippen molar-refractivity contribution in [2.24, 2.45) is 0 Å². The average Bonchev–Trinajstić information content (AvgIpc) is 3.01. The standard InChI is InChI=1S/C36H32O6/c1-4-40-34(38)33(35(39)41-5-2)32-19-13-12-16-29(32)24-25-36(42-26(3)37,30-17-10-7-11-18-30)31-22-20-28(21-23-31)27-14-8-6-9-15-27/h6-23,33H,4-5H2,1-3H3. The zero-order chi connectivity index (χ0) is 30.0. The third kappa shape index (κ3) is 6.76. The van der Waals surface area contributed by atoms with Gasteiger partial charge in [-0.3, -0.25) is 14.4 Å². The fourth-order valence-corrected chi connectivity index (χ4v) is 4.69. The van der Waals surface area contributed by atoms with Gasteiger partial charge in [0.15, 0.2) is 5.92 Å². The summed E-state index contributed by atoms with van der Waals surface area (Å²) in [5.74, 6) is 3.05. The molecule has 0 saturated heterocycles. The molecule has 4 aromatic rings. The molecule has 0 spiro atoms. The maximum absolute atomic E-state index is 12.9. The Kier molecular flexibility index (Phi) is 9.91. The Labute approximate surface area is 246 Å². The van der Waals surface area contributed by atoms with Gasteiger partial charge < -0.3 is 14.2 Å². The maximum atomic E-state index is 12.9. The van der Waals surface area contributed by atoms with Crippen molar-refractivity contribution in [3.05, 3.63) is 131 Å². The van der Waals surface area contributed by atoms with Crippen molar-refractivity contribution in [2.75, 3.05) is 13.2 Å². The van der Waals surface area contributed by atoms with Crippen LogP contribution < -0.4 is 0 Å². The normalized spacial score (nSPS) is 11.9. The molecule has 0 fully saturated rings. The van der Waals surface area contributed by atoms with Crippen molar-refractivity contribution >= 4 is 17.9 Å². The van der Waals surface area contributed by atoms with E-state index < -0.39 is 29.4 Å². The van der Waals surface area contributed by atoms with Gasteiger partial charge in [0.05, 0.1) is 13.2 Å². The van der Waals surface area contributed by atoms with Gasteiger partial charge in [-0.25, -0.2) is 0 Å². The molecular formula is C36H32O6. The van der Waals surface area contributed by atoms with E-state index in [1.807, 2.05) is 84.9 Å². The SMILES string of the molecule is CCOC(=O)C(C(=O)OCC)c1ccccc1C#CC(OC(C)=O)(c1ccccc1)c1ccc(-c2ccccc2)cc1. The van der Waals surface area contributed by atoms with Gasteiger partial charge in [0.2, 0.25) is 5.60 Å². The molecule has 1 atom stereocenters. The van der Waals surface area contributed by atoms with Crippen molar-refractivity contribution in [1.82, 2.24) is 0 Å². The third-order valence-corrected chi connectivity index (χ3v) is 6.57. The van der Waals surface area contributed by atoms with E-state index >= 15 is 0 Å². The monoisotopic (exact) mass is 560 g/mol. The molecule has 0 heterocycles. The van der Waals surface area contributed by atoms with Crippen LogP contribution in [0.3, 0.4) is 0 Å². The number of hydrogen-bond donors (Lipinski definition) is 0. The van der Waals surface area contributed by atoms with Crippen LogP contribution >= 0.6 is 0 Å². The number of benzene rings is 4. The molecule has 0 aliphatic rings. The summed E-state index contributed by atoms with van der Waals surface area (Å²) < 4.78 is 16.5. The molecule has 4 aromatic carbocycles. The highest BCUT2D eigenvalue weighted by Gasteiger charge is 2.37. The van der Waals surface area contributed by atoms with Gasteiger partial charge in [0.1, 0.15) is 0 Å². The zero-order valence-corrected chi connectivity index (χ0v) is 23.8. The van der Waals surface area contributed by atoms with E-state index in [0.717, 1.165) is 11.1 Å². The summed E-state index contributed by atoms with van der Waals surface area (Å²) in [5, 5.41) is 0. The summed E-state index contributed by atoms with van der Waals surface area (Å²) >= 11 is 0. The average molecular weight is 561 g/mol. The Hall–Kier alpha value is -5.15. The molecule has 6 heteroatoms. The van der Waals surface area contributed by atoms with Gasteiger partial charge in [0, 0.05) is 23.6 Å². The fourth-order valence-electron chi connectivity index (χ4n) is 4.69. The molecule has 4 rings (SSSR count). The Morgan fingerprint density at radius 3 is 1.74 bits per heavy atom. The second-order valence-corrected chi connectivity index (χ2v) is 9.36. The van der Waals surface area contributed by atoms with Crippen LogP contribution in [-0.4, -0.2) is 31.1 Å². The molecule has 0 bridgehead atoms. The summed E-state index contributed by atoms with van der Waals surface area (Å²) in [7, 11) is 0. The zero-order valence-electron chi connectivity index (χ0n) is 23.8. The lowest BCUT2D eigenvalue weighted by Crippen LogP contribution is -2.32. The highest BCUT2D eigenvalue weighted by atomic mass is 16.6. The number of carbonyl (C=O) groups is 3. The lowest BCUT2D eigenvalue weighted by Gasteiger charge is -2.29. The molecule has 0 saturated carbocycles. The topological polar surface area (TPSA) is 78.9 Å². The summed E-state index contributed by atoms with van der Waals surface area (Å²) in [6.07, 6.45) is 0. The van der Waals surface area contributed by atoms with Crippen LogP contribution in [0.25, 0.3) is 11.1 Å². The highest BCUT2D eigenvalue weighted by molar-refractivity contribution is 6.01. The first-order valence-corrected chi connectivity index (χ1v) is 13.8. The minimum Gasteiger partial charge on any atom is -0.465 e. The largest absolute Gasteiger partial charge is 0.465 e. The maximum Gasteiger partial charge on any atom is 0.324 e. The lowest BCUT2D eigenvalue weighted by atomic mass is 9.85. The van der Waals surface area contributed by atoms with Crippen LogP contribution in [0, 0.1) is 11.8 Å². The Bertz CT molecular complexity index is 1560. The second-order valence-electron chi connectivity index (χ2n) is 9.36. The van der Waals surface area contributed by atoms with E-state index in [1.54, 1.807) is 38.1 Å². The van der Waals surface area contributed by atoms with Gasteiger partial charge in [-0.05, 0) is 42.5 Å². The Balaban J connectivity index is 1.90. The molecule has 0 aromatic heterocycles. The minimum atomic E-state index is -1.49. The molecule has 0 radical (unpaired) electrons. The molecule has 0 aliphatic heterocycles. The summed E-state index contributed by atoms with van der Waals surface area (Å²) in [6, 6.07) is 33.7.